The molecule has 0 amide bonds. The number of aliphatic imine (C=N–C) groups is 1. The Morgan fingerprint density at radius 1 is 1.31 bits per heavy atom. The third kappa shape index (κ3) is 8.70. The number of nitrogens with one attached hydrogen (secondary N) is 3. The van der Waals surface area contributed by atoms with Crippen molar-refractivity contribution in [3.63, 3.8) is 0 Å². The minimum absolute atomic E-state index is 0. The first kappa shape index (κ1) is 25.4. The molecule has 0 saturated carbocycles. The molecule has 1 aromatic heterocycles. The van der Waals surface area contributed by atoms with E-state index in [1.54, 1.807) is 20.0 Å². The molecule has 0 spiro atoms. The molecular formula is C19H31IN6O2S. The molecule has 0 saturated heterocycles. The van der Waals surface area contributed by atoms with Crippen LogP contribution in [0.2, 0.25) is 0 Å². The predicted octanol–water partition coefficient (Wildman–Crippen LogP) is 2.43. The molecule has 0 bridgehead atoms. The van der Waals surface area contributed by atoms with E-state index < -0.39 is 15.6 Å². The Kier molecular flexibility index (Phi) is 9.56. The van der Waals surface area contributed by atoms with Gasteiger partial charge in [-0.15, -0.1) is 24.0 Å². The van der Waals surface area contributed by atoms with Crippen LogP contribution in [0, 0.1) is 0 Å². The zero-order valence-electron chi connectivity index (χ0n) is 17.5. The summed E-state index contributed by atoms with van der Waals surface area (Å²) in [6.07, 6.45) is 4.80. The highest BCUT2D eigenvalue weighted by Crippen LogP contribution is 2.16. The van der Waals surface area contributed by atoms with Crippen LogP contribution in [-0.2, 0) is 10.0 Å². The molecule has 0 aliphatic rings. The zero-order valence-corrected chi connectivity index (χ0v) is 20.7. The normalized spacial score (nSPS) is 13.5. The molecule has 2 aromatic rings. The number of sulfonamides is 1. The fraction of sp³-hybridized carbons (Fsp3) is 0.474. The van der Waals surface area contributed by atoms with E-state index in [0.29, 0.717) is 19.0 Å². The van der Waals surface area contributed by atoms with Gasteiger partial charge in [0.05, 0.1) is 24.5 Å². The molecule has 1 heterocycles. The van der Waals surface area contributed by atoms with E-state index in [1.807, 2.05) is 42.1 Å². The number of hydrogen-bond donors (Lipinski definition) is 3. The lowest BCUT2D eigenvalue weighted by Crippen LogP contribution is -2.47. The van der Waals surface area contributed by atoms with Crippen molar-refractivity contribution in [2.75, 3.05) is 19.3 Å². The van der Waals surface area contributed by atoms with Gasteiger partial charge in [0.25, 0.3) is 0 Å². The zero-order chi connectivity index (χ0) is 20.8. The van der Waals surface area contributed by atoms with Gasteiger partial charge in [-0.1, -0.05) is 12.1 Å². The molecule has 0 aliphatic carbocycles. The van der Waals surface area contributed by atoms with E-state index in [2.05, 4.69) is 38.4 Å². The molecular weight excluding hydrogens is 503 g/mol. The van der Waals surface area contributed by atoms with Crippen LogP contribution in [-0.4, -0.2) is 49.0 Å². The van der Waals surface area contributed by atoms with Crippen molar-refractivity contribution in [2.24, 2.45) is 4.99 Å². The van der Waals surface area contributed by atoms with E-state index in [9.17, 15) is 8.42 Å². The molecule has 0 fully saturated rings. The van der Waals surface area contributed by atoms with Gasteiger partial charge in [0.2, 0.25) is 10.0 Å². The van der Waals surface area contributed by atoms with Crippen LogP contribution in [0.1, 0.15) is 39.3 Å². The first-order chi connectivity index (χ1) is 13.1. The number of benzene rings is 1. The molecule has 8 nitrogen and oxygen atoms in total. The fourth-order valence-corrected chi connectivity index (χ4v) is 3.85. The van der Waals surface area contributed by atoms with Crippen molar-refractivity contribution in [3.05, 3.63) is 48.3 Å². The summed E-state index contributed by atoms with van der Waals surface area (Å²) < 4.78 is 27.4. The largest absolute Gasteiger partial charge is 0.357 e. The first-order valence-electron chi connectivity index (χ1n) is 9.23. The van der Waals surface area contributed by atoms with Crippen LogP contribution in [0.5, 0.6) is 0 Å². The summed E-state index contributed by atoms with van der Waals surface area (Å²) in [7, 11) is -3.30. The van der Waals surface area contributed by atoms with Crippen molar-refractivity contribution in [3.8, 4) is 5.69 Å². The third-order valence-electron chi connectivity index (χ3n) is 3.93. The summed E-state index contributed by atoms with van der Waals surface area (Å²) >= 11 is 0. The van der Waals surface area contributed by atoms with Crippen molar-refractivity contribution in [2.45, 2.75) is 39.3 Å². The SMILES string of the molecule is CCNC(=NCC(C)(C)NS(C)(=O)=O)NC(C)c1cccc(-n2cccn2)c1.I. The average molecular weight is 534 g/mol. The van der Waals surface area contributed by atoms with E-state index in [0.717, 1.165) is 17.5 Å². The summed E-state index contributed by atoms with van der Waals surface area (Å²) in [6.45, 7) is 8.65. The molecule has 29 heavy (non-hydrogen) atoms. The van der Waals surface area contributed by atoms with Crippen molar-refractivity contribution in [1.29, 1.82) is 0 Å². The Labute approximate surface area is 190 Å². The summed E-state index contributed by atoms with van der Waals surface area (Å²) in [4.78, 5) is 4.56. The van der Waals surface area contributed by atoms with E-state index in [1.165, 1.54) is 0 Å². The molecule has 0 radical (unpaired) electrons. The molecule has 1 atom stereocenters. The minimum atomic E-state index is -3.30. The monoisotopic (exact) mass is 534 g/mol. The Balaban J connectivity index is 0.00000420. The molecule has 3 N–H and O–H groups in total. The Bertz CT molecular complexity index is 897. The van der Waals surface area contributed by atoms with Crippen LogP contribution >= 0.6 is 24.0 Å². The van der Waals surface area contributed by atoms with E-state index in [4.69, 9.17) is 0 Å². The summed E-state index contributed by atoms with van der Waals surface area (Å²) in [5, 5.41) is 10.8. The van der Waals surface area contributed by atoms with Gasteiger partial charge in [0, 0.05) is 24.5 Å². The summed E-state index contributed by atoms with van der Waals surface area (Å²) in [6, 6.07) is 10.00. The number of nitrogens with zero attached hydrogens (tertiary/aromatic N) is 3. The van der Waals surface area contributed by atoms with Gasteiger partial charge in [0.15, 0.2) is 5.96 Å². The average Bonchev–Trinajstić information content (AvgIpc) is 3.12. The molecule has 162 valence electrons. The standard InChI is InChI=1S/C19H30N6O2S.HI/c1-6-20-18(21-14-19(3,4)24-28(5,26)27)23-15(2)16-9-7-10-17(13-16)25-12-8-11-22-25;/h7-13,15,24H,6,14H2,1-5H3,(H2,20,21,23);1H. The smallest absolute Gasteiger partial charge is 0.209 e. The highest BCUT2D eigenvalue weighted by Gasteiger charge is 2.22. The third-order valence-corrected chi connectivity index (χ3v) is 4.85. The second-order valence-electron chi connectivity index (χ2n) is 7.36. The topological polar surface area (TPSA) is 100 Å². The van der Waals surface area contributed by atoms with Crippen LogP contribution in [0.25, 0.3) is 5.69 Å². The second kappa shape index (κ2) is 10.9. The maximum absolute atomic E-state index is 11.5. The van der Waals surface area contributed by atoms with Crippen molar-refractivity contribution in [1.82, 2.24) is 25.1 Å². The molecule has 10 heteroatoms. The van der Waals surface area contributed by atoms with Crippen LogP contribution in [0.4, 0.5) is 0 Å². The van der Waals surface area contributed by atoms with Gasteiger partial charge in [-0.05, 0) is 51.5 Å². The summed E-state index contributed by atoms with van der Waals surface area (Å²) in [5.74, 6) is 0.628. The molecule has 1 unspecified atom stereocenters. The summed E-state index contributed by atoms with van der Waals surface area (Å²) in [5.41, 5.74) is 1.39. The van der Waals surface area contributed by atoms with Crippen molar-refractivity contribution >= 4 is 40.0 Å². The predicted molar refractivity (Wildman–Crippen MR) is 129 cm³/mol. The highest BCUT2D eigenvalue weighted by molar-refractivity contribution is 14.0. The first-order valence-corrected chi connectivity index (χ1v) is 11.1. The van der Waals surface area contributed by atoms with Crippen LogP contribution in [0.3, 0.4) is 0 Å². The fourth-order valence-electron chi connectivity index (χ4n) is 2.78. The number of halogens is 1. The van der Waals surface area contributed by atoms with Gasteiger partial charge in [-0.2, -0.15) is 5.10 Å². The quantitative estimate of drug-likeness (QED) is 0.275. The van der Waals surface area contributed by atoms with Gasteiger partial charge >= 0.3 is 0 Å². The number of hydrogen-bond acceptors (Lipinski definition) is 4. The maximum atomic E-state index is 11.5. The number of guanidine groups is 1. The Morgan fingerprint density at radius 3 is 2.62 bits per heavy atom. The van der Waals surface area contributed by atoms with Gasteiger partial charge in [-0.25, -0.2) is 17.8 Å². The molecule has 1 aromatic carbocycles. The van der Waals surface area contributed by atoms with Crippen molar-refractivity contribution < 1.29 is 8.42 Å². The van der Waals surface area contributed by atoms with Crippen LogP contribution in [0.15, 0.2) is 47.7 Å². The van der Waals surface area contributed by atoms with Gasteiger partial charge < -0.3 is 10.6 Å². The van der Waals surface area contributed by atoms with E-state index >= 15 is 0 Å². The molecule has 2 rings (SSSR count). The van der Waals surface area contributed by atoms with Gasteiger partial charge in [0.1, 0.15) is 0 Å². The lowest BCUT2D eigenvalue weighted by molar-refractivity contribution is 0.464. The molecule has 0 aliphatic heterocycles. The maximum Gasteiger partial charge on any atom is 0.209 e. The minimum Gasteiger partial charge on any atom is -0.357 e. The lowest BCUT2D eigenvalue weighted by Gasteiger charge is -2.24. The van der Waals surface area contributed by atoms with Gasteiger partial charge in [-0.3, -0.25) is 4.99 Å². The second-order valence-corrected chi connectivity index (χ2v) is 9.11. The Morgan fingerprint density at radius 2 is 2.03 bits per heavy atom. The number of rotatable bonds is 8. The highest BCUT2D eigenvalue weighted by atomic mass is 127. The Hall–Kier alpha value is -1.66. The van der Waals surface area contributed by atoms with E-state index in [-0.39, 0.29) is 30.0 Å². The van der Waals surface area contributed by atoms with Crippen LogP contribution < -0.4 is 15.4 Å². The lowest BCUT2D eigenvalue weighted by atomic mass is 10.1. The number of aromatic nitrogens is 2.